The lowest BCUT2D eigenvalue weighted by Crippen LogP contribution is -2.33. The highest BCUT2D eigenvalue weighted by Gasteiger charge is 2.30. The van der Waals surface area contributed by atoms with Gasteiger partial charge >= 0.3 is 6.36 Å². The standard InChI is InChI=1S/C17H17F4N3O.HI/c18-15-4-2-1-3-13(15)9-10-23-16(22)24-11-12-5-7-14(8-6-12)25-17(19,20)21;/h1-8H,9-11H2,(H3,22,23,24);1H. The number of alkyl halides is 3. The normalized spacial score (nSPS) is 11.6. The van der Waals surface area contributed by atoms with E-state index in [1.54, 1.807) is 18.2 Å². The SMILES string of the molecule is I.NC(=NCc1ccc(OC(F)(F)F)cc1)NCCc1ccccc1F. The summed E-state index contributed by atoms with van der Waals surface area (Å²) in [7, 11) is 0. The van der Waals surface area contributed by atoms with Crippen LogP contribution < -0.4 is 15.8 Å². The number of benzene rings is 2. The number of nitrogens with zero attached hydrogens (tertiary/aromatic N) is 1. The molecule has 142 valence electrons. The van der Waals surface area contributed by atoms with Gasteiger partial charge in [0.25, 0.3) is 0 Å². The van der Waals surface area contributed by atoms with Gasteiger partial charge in [0.05, 0.1) is 6.54 Å². The van der Waals surface area contributed by atoms with E-state index < -0.39 is 6.36 Å². The predicted octanol–water partition coefficient (Wildman–Crippen LogP) is 3.99. The molecule has 0 heterocycles. The summed E-state index contributed by atoms with van der Waals surface area (Å²) in [5, 5.41) is 2.86. The van der Waals surface area contributed by atoms with Gasteiger partial charge in [0.2, 0.25) is 0 Å². The van der Waals surface area contributed by atoms with E-state index in [1.165, 1.54) is 30.3 Å². The third-order valence-electron chi connectivity index (χ3n) is 3.25. The molecule has 0 aliphatic heterocycles. The number of aliphatic imine (C=N–C) groups is 1. The van der Waals surface area contributed by atoms with Crippen LogP contribution in [0.25, 0.3) is 0 Å². The van der Waals surface area contributed by atoms with Gasteiger partial charge in [0, 0.05) is 6.54 Å². The minimum Gasteiger partial charge on any atom is -0.406 e. The number of halogens is 5. The summed E-state index contributed by atoms with van der Waals surface area (Å²) in [6, 6.07) is 11.8. The molecule has 0 unspecified atom stereocenters. The van der Waals surface area contributed by atoms with E-state index in [0.29, 0.717) is 24.1 Å². The molecule has 0 bridgehead atoms. The molecule has 0 atom stereocenters. The van der Waals surface area contributed by atoms with Gasteiger partial charge in [0.1, 0.15) is 11.6 Å². The Morgan fingerprint density at radius 3 is 2.35 bits per heavy atom. The van der Waals surface area contributed by atoms with Crippen molar-refractivity contribution >= 4 is 29.9 Å². The lowest BCUT2D eigenvalue weighted by molar-refractivity contribution is -0.274. The van der Waals surface area contributed by atoms with E-state index in [9.17, 15) is 17.6 Å². The van der Waals surface area contributed by atoms with Gasteiger partial charge in [0.15, 0.2) is 5.96 Å². The van der Waals surface area contributed by atoms with Crippen LogP contribution in [0.15, 0.2) is 53.5 Å². The molecule has 0 aliphatic rings. The van der Waals surface area contributed by atoms with Gasteiger partial charge in [-0.15, -0.1) is 37.1 Å². The van der Waals surface area contributed by atoms with Crippen LogP contribution in [0.5, 0.6) is 5.75 Å². The lowest BCUT2D eigenvalue weighted by Gasteiger charge is -2.09. The van der Waals surface area contributed by atoms with Gasteiger partial charge in [-0.1, -0.05) is 30.3 Å². The number of guanidine groups is 1. The topological polar surface area (TPSA) is 59.6 Å². The monoisotopic (exact) mass is 483 g/mol. The average molecular weight is 483 g/mol. The summed E-state index contributed by atoms with van der Waals surface area (Å²) in [4.78, 5) is 4.08. The molecule has 0 aliphatic carbocycles. The summed E-state index contributed by atoms with van der Waals surface area (Å²) >= 11 is 0. The molecule has 9 heteroatoms. The van der Waals surface area contributed by atoms with Crippen molar-refractivity contribution in [2.24, 2.45) is 10.7 Å². The Hall–Kier alpha value is -2.04. The molecule has 2 aromatic carbocycles. The van der Waals surface area contributed by atoms with Crippen LogP contribution in [0.1, 0.15) is 11.1 Å². The van der Waals surface area contributed by atoms with E-state index in [-0.39, 0.29) is 48.0 Å². The van der Waals surface area contributed by atoms with Crippen molar-refractivity contribution in [1.82, 2.24) is 5.32 Å². The van der Waals surface area contributed by atoms with Crippen molar-refractivity contribution < 1.29 is 22.3 Å². The Morgan fingerprint density at radius 2 is 1.73 bits per heavy atom. The second kappa shape index (κ2) is 10.2. The highest BCUT2D eigenvalue weighted by Crippen LogP contribution is 2.22. The van der Waals surface area contributed by atoms with E-state index in [2.05, 4.69) is 15.0 Å². The maximum absolute atomic E-state index is 13.4. The minimum absolute atomic E-state index is 0. The summed E-state index contributed by atoms with van der Waals surface area (Å²) in [5.41, 5.74) is 6.96. The van der Waals surface area contributed by atoms with Crippen LogP contribution in [-0.2, 0) is 13.0 Å². The largest absolute Gasteiger partial charge is 0.573 e. The Balaban J connectivity index is 0.00000338. The molecule has 26 heavy (non-hydrogen) atoms. The molecule has 0 saturated carbocycles. The Labute approximate surface area is 165 Å². The first-order chi connectivity index (χ1) is 11.8. The first-order valence-electron chi connectivity index (χ1n) is 7.45. The van der Waals surface area contributed by atoms with Gasteiger partial charge in [-0.25, -0.2) is 9.38 Å². The van der Waals surface area contributed by atoms with Crippen LogP contribution in [0.3, 0.4) is 0 Å². The van der Waals surface area contributed by atoms with Gasteiger partial charge in [-0.2, -0.15) is 0 Å². The average Bonchev–Trinajstić information content (AvgIpc) is 2.54. The number of ether oxygens (including phenoxy) is 1. The van der Waals surface area contributed by atoms with Gasteiger partial charge in [-0.3, -0.25) is 0 Å². The number of nitrogens with one attached hydrogen (secondary N) is 1. The second-order valence-electron chi connectivity index (χ2n) is 5.16. The zero-order valence-electron chi connectivity index (χ0n) is 13.6. The number of hydrogen-bond donors (Lipinski definition) is 2. The number of rotatable bonds is 6. The first-order valence-corrected chi connectivity index (χ1v) is 7.45. The number of nitrogens with two attached hydrogens (primary N) is 1. The lowest BCUT2D eigenvalue weighted by atomic mass is 10.1. The van der Waals surface area contributed by atoms with Gasteiger partial charge < -0.3 is 15.8 Å². The highest BCUT2D eigenvalue weighted by molar-refractivity contribution is 14.0. The summed E-state index contributed by atoms with van der Waals surface area (Å²) in [5.74, 6) is -0.399. The van der Waals surface area contributed by atoms with Crippen LogP contribution in [-0.4, -0.2) is 18.9 Å². The molecule has 0 saturated heterocycles. The third-order valence-corrected chi connectivity index (χ3v) is 3.25. The van der Waals surface area contributed by atoms with Crippen LogP contribution in [0.4, 0.5) is 17.6 Å². The van der Waals surface area contributed by atoms with E-state index in [1.807, 2.05) is 0 Å². The van der Waals surface area contributed by atoms with E-state index in [0.717, 1.165) is 0 Å². The summed E-state index contributed by atoms with van der Waals surface area (Å²) < 4.78 is 53.4. The second-order valence-corrected chi connectivity index (χ2v) is 5.16. The molecule has 2 rings (SSSR count). The predicted molar refractivity (Wildman–Crippen MR) is 102 cm³/mol. The van der Waals surface area contributed by atoms with Crippen molar-refractivity contribution in [2.45, 2.75) is 19.3 Å². The molecule has 4 nitrogen and oxygen atoms in total. The van der Waals surface area contributed by atoms with E-state index >= 15 is 0 Å². The maximum atomic E-state index is 13.4. The van der Waals surface area contributed by atoms with Crippen LogP contribution in [0.2, 0.25) is 0 Å². The fourth-order valence-electron chi connectivity index (χ4n) is 2.06. The van der Waals surface area contributed by atoms with Crippen molar-refractivity contribution in [3.05, 3.63) is 65.5 Å². The Kier molecular flexibility index (Phi) is 8.62. The zero-order chi connectivity index (χ0) is 18.3. The maximum Gasteiger partial charge on any atom is 0.573 e. The minimum atomic E-state index is -4.72. The molecular weight excluding hydrogens is 465 g/mol. The number of hydrogen-bond acceptors (Lipinski definition) is 2. The molecule has 0 radical (unpaired) electrons. The quantitative estimate of drug-likeness (QED) is 0.283. The van der Waals surface area contributed by atoms with Gasteiger partial charge in [-0.05, 0) is 35.7 Å². The van der Waals surface area contributed by atoms with Crippen molar-refractivity contribution in [3.8, 4) is 5.75 Å². The summed E-state index contributed by atoms with van der Waals surface area (Å²) in [6.07, 6.45) is -4.27. The fraction of sp³-hybridized carbons (Fsp3) is 0.235. The van der Waals surface area contributed by atoms with Crippen LogP contribution in [0, 0.1) is 5.82 Å². The smallest absolute Gasteiger partial charge is 0.406 e. The van der Waals surface area contributed by atoms with Crippen molar-refractivity contribution in [3.63, 3.8) is 0 Å². The summed E-state index contributed by atoms with van der Waals surface area (Å²) in [6.45, 7) is 0.611. The molecule has 0 fully saturated rings. The molecule has 0 amide bonds. The van der Waals surface area contributed by atoms with Crippen molar-refractivity contribution in [2.75, 3.05) is 6.54 Å². The van der Waals surface area contributed by atoms with Crippen molar-refractivity contribution in [1.29, 1.82) is 0 Å². The molecular formula is C17H18F4IN3O. The Morgan fingerprint density at radius 1 is 1.08 bits per heavy atom. The Bertz CT molecular complexity index is 721. The molecule has 0 spiro atoms. The molecule has 0 aromatic heterocycles. The first kappa shape index (κ1) is 22.0. The highest BCUT2D eigenvalue weighted by atomic mass is 127. The fourth-order valence-corrected chi connectivity index (χ4v) is 2.06. The zero-order valence-corrected chi connectivity index (χ0v) is 15.9. The molecule has 2 aromatic rings. The third kappa shape index (κ3) is 7.89. The van der Waals surface area contributed by atoms with Crippen LogP contribution >= 0.6 is 24.0 Å². The van der Waals surface area contributed by atoms with E-state index in [4.69, 9.17) is 5.73 Å². The molecule has 3 N–H and O–H groups in total.